The maximum absolute atomic E-state index is 12.3. The number of amides is 1. The summed E-state index contributed by atoms with van der Waals surface area (Å²) in [6.45, 7) is 15.4. The summed E-state index contributed by atoms with van der Waals surface area (Å²) in [5.41, 5.74) is 1.73. The Balaban J connectivity index is 0.00000784. The molecule has 6 nitrogen and oxygen atoms in total. The van der Waals surface area contributed by atoms with Crippen LogP contribution in [0, 0.1) is 0 Å². The summed E-state index contributed by atoms with van der Waals surface area (Å²) in [6, 6.07) is 8.91. The van der Waals surface area contributed by atoms with Crippen molar-refractivity contribution < 1.29 is 4.79 Å². The average molecular weight is 518 g/mol. The van der Waals surface area contributed by atoms with Gasteiger partial charge in [-0.3, -0.25) is 14.7 Å². The van der Waals surface area contributed by atoms with Gasteiger partial charge < -0.3 is 16.0 Å². The van der Waals surface area contributed by atoms with Gasteiger partial charge in [-0.1, -0.05) is 19.1 Å². The predicted molar refractivity (Wildman–Crippen MR) is 134 cm³/mol. The van der Waals surface area contributed by atoms with Crippen LogP contribution in [-0.2, 0) is 6.54 Å². The first-order valence-corrected chi connectivity index (χ1v) is 10.4. The number of hydrogen-bond donors (Lipinski definition) is 3. The smallest absolute Gasteiger partial charge is 0.251 e. The molecule has 0 aliphatic heterocycles. The summed E-state index contributed by atoms with van der Waals surface area (Å²) in [6.07, 6.45) is 0.917. The minimum Gasteiger partial charge on any atom is -0.355 e. The molecule has 0 bridgehead atoms. The number of carbonyl (C=O) groups excluding carboxylic acids is 1. The Bertz CT molecular complexity index is 625. The molecule has 7 heteroatoms. The Kier molecular flexibility index (Phi) is 13.9. The van der Waals surface area contributed by atoms with Crippen LogP contribution in [0.4, 0.5) is 0 Å². The quantitative estimate of drug-likeness (QED) is 0.252. The van der Waals surface area contributed by atoms with E-state index in [0.717, 1.165) is 31.0 Å². The van der Waals surface area contributed by atoms with Gasteiger partial charge in [0.15, 0.2) is 5.96 Å². The fourth-order valence-electron chi connectivity index (χ4n) is 3.05. The topological polar surface area (TPSA) is 68.8 Å². The minimum absolute atomic E-state index is 0. The molecule has 1 rings (SSSR count). The first kappa shape index (κ1) is 27.6. The van der Waals surface area contributed by atoms with Gasteiger partial charge >= 0.3 is 0 Å². The molecule has 0 radical (unpaired) electrons. The number of halogens is 1. The number of nitrogens with zero attached hydrogens (tertiary/aromatic N) is 2. The van der Waals surface area contributed by atoms with E-state index in [9.17, 15) is 4.79 Å². The van der Waals surface area contributed by atoms with E-state index in [1.807, 2.05) is 31.2 Å². The number of hydrogen-bond acceptors (Lipinski definition) is 3. The van der Waals surface area contributed by atoms with E-state index in [1.54, 1.807) is 7.05 Å². The van der Waals surface area contributed by atoms with Gasteiger partial charge in [0.2, 0.25) is 0 Å². The molecule has 1 unspecified atom stereocenters. The van der Waals surface area contributed by atoms with E-state index < -0.39 is 0 Å². The van der Waals surface area contributed by atoms with Gasteiger partial charge in [-0.05, 0) is 58.7 Å². The van der Waals surface area contributed by atoms with Crippen molar-refractivity contribution in [3.8, 4) is 0 Å². The highest BCUT2D eigenvalue weighted by atomic mass is 127. The molecule has 0 aliphatic rings. The molecule has 0 aliphatic carbocycles. The van der Waals surface area contributed by atoms with E-state index in [2.05, 4.69) is 60.5 Å². The molecule has 0 fully saturated rings. The molecule has 0 heterocycles. The largest absolute Gasteiger partial charge is 0.355 e. The van der Waals surface area contributed by atoms with Crippen molar-refractivity contribution >= 4 is 35.8 Å². The number of rotatable bonds is 10. The Morgan fingerprint density at radius 1 is 1.10 bits per heavy atom. The summed E-state index contributed by atoms with van der Waals surface area (Å²) >= 11 is 0. The van der Waals surface area contributed by atoms with Crippen molar-refractivity contribution in [2.45, 2.75) is 72.6 Å². The number of benzene rings is 1. The lowest BCUT2D eigenvalue weighted by Gasteiger charge is -2.30. The molecule has 1 aromatic carbocycles. The van der Waals surface area contributed by atoms with Crippen LogP contribution in [0.3, 0.4) is 0 Å². The highest BCUT2D eigenvalue weighted by molar-refractivity contribution is 14.0. The van der Waals surface area contributed by atoms with Gasteiger partial charge in [-0.2, -0.15) is 0 Å². The summed E-state index contributed by atoms with van der Waals surface area (Å²) < 4.78 is 0. The Hall–Kier alpha value is -1.35. The van der Waals surface area contributed by atoms with Crippen LogP contribution < -0.4 is 16.0 Å². The molecule has 1 atom stereocenters. The van der Waals surface area contributed by atoms with E-state index in [0.29, 0.717) is 24.2 Å². The maximum atomic E-state index is 12.3. The fourth-order valence-corrected chi connectivity index (χ4v) is 3.05. The zero-order valence-corrected chi connectivity index (χ0v) is 21.4. The first-order chi connectivity index (χ1) is 13.3. The molecule has 1 amide bonds. The Morgan fingerprint density at radius 2 is 1.76 bits per heavy atom. The summed E-state index contributed by atoms with van der Waals surface area (Å²) in [5, 5.41) is 9.70. The second-order valence-corrected chi connectivity index (χ2v) is 7.76. The van der Waals surface area contributed by atoms with Crippen LogP contribution in [0.5, 0.6) is 0 Å². The molecule has 0 saturated heterocycles. The normalized spacial score (nSPS) is 12.7. The van der Waals surface area contributed by atoms with Crippen LogP contribution in [0.25, 0.3) is 0 Å². The maximum Gasteiger partial charge on any atom is 0.251 e. The van der Waals surface area contributed by atoms with Gasteiger partial charge in [0.1, 0.15) is 0 Å². The number of nitrogens with one attached hydrogen (secondary N) is 3. The third-order valence-electron chi connectivity index (χ3n) is 4.85. The van der Waals surface area contributed by atoms with Crippen molar-refractivity contribution in [3.63, 3.8) is 0 Å². The van der Waals surface area contributed by atoms with Crippen molar-refractivity contribution in [2.75, 3.05) is 20.1 Å². The summed E-state index contributed by atoms with van der Waals surface area (Å²) in [5.74, 6) is 0.739. The SMILES string of the molecule is CCC(C)NC(=O)c1cccc(CNC(=NC)NCCN(C(C)C)C(C)C)c1.I. The van der Waals surface area contributed by atoms with Crippen LogP contribution in [-0.4, -0.2) is 55.0 Å². The van der Waals surface area contributed by atoms with E-state index in [-0.39, 0.29) is 35.9 Å². The van der Waals surface area contributed by atoms with Crippen LogP contribution in [0.2, 0.25) is 0 Å². The predicted octanol–water partition coefficient (Wildman–Crippen LogP) is 3.62. The minimum atomic E-state index is -0.0267. The number of carbonyl (C=O) groups is 1. The first-order valence-electron chi connectivity index (χ1n) is 10.4. The molecule has 3 N–H and O–H groups in total. The number of aliphatic imine (C=N–C) groups is 1. The lowest BCUT2D eigenvalue weighted by atomic mass is 10.1. The third-order valence-corrected chi connectivity index (χ3v) is 4.85. The fraction of sp³-hybridized carbons (Fsp3) is 0.636. The van der Waals surface area contributed by atoms with Gasteiger partial charge in [-0.15, -0.1) is 24.0 Å². The molecular formula is C22H40IN5O. The molecule has 0 saturated carbocycles. The summed E-state index contributed by atoms with van der Waals surface area (Å²) in [7, 11) is 1.77. The molecule has 166 valence electrons. The highest BCUT2D eigenvalue weighted by Gasteiger charge is 2.13. The standard InChI is InChI=1S/C22H39N5O.HI/c1-8-18(6)26-21(28)20-11-9-10-19(14-20)15-25-22(23-7)24-12-13-27(16(2)3)17(4)5;/h9-11,14,16-18H,8,12-13,15H2,1-7H3,(H,26,28)(H2,23,24,25);1H. The van der Waals surface area contributed by atoms with Gasteiger partial charge in [-0.25, -0.2) is 0 Å². The lowest BCUT2D eigenvalue weighted by molar-refractivity contribution is 0.0939. The van der Waals surface area contributed by atoms with Crippen molar-refractivity contribution in [1.82, 2.24) is 20.9 Å². The molecule has 0 spiro atoms. The van der Waals surface area contributed by atoms with Crippen LogP contribution >= 0.6 is 24.0 Å². The number of guanidine groups is 1. The zero-order chi connectivity index (χ0) is 21.1. The zero-order valence-electron chi connectivity index (χ0n) is 19.1. The summed E-state index contributed by atoms with van der Waals surface area (Å²) in [4.78, 5) is 19.0. The van der Waals surface area contributed by atoms with Crippen LogP contribution in [0.1, 0.15) is 63.9 Å². The third kappa shape index (κ3) is 10.3. The second-order valence-electron chi connectivity index (χ2n) is 7.76. The molecule has 0 aromatic heterocycles. The molecular weight excluding hydrogens is 477 g/mol. The monoisotopic (exact) mass is 517 g/mol. The Morgan fingerprint density at radius 3 is 2.31 bits per heavy atom. The van der Waals surface area contributed by atoms with E-state index in [4.69, 9.17) is 0 Å². The van der Waals surface area contributed by atoms with E-state index in [1.165, 1.54) is 0 Å². The highest BCUT2D eigenvalue weighted by Crippen LogP contribution is 2.06. The van der Waals surface area contributed by atoms with Crippen LogP contribution in [0.15, 0.2) is 29.3 Å². The molecule has 29 heavy (non-hydrogen) atoms. The Labute approximate surface area is 194 Å². The lowest BCUT2D eigenvalue weighted by Crippen LogP contribution is -2.45. The van der Waals surface area contributed by atoms with Gasteiger partial charge in [0.25, 0.3) is 5.91 Å². The molecule has 1 aromatic rings. The van der Waals surface area contributed by atoms with Crippen molar-refractivity contribution in [1.29, 1.82) is 0 Å². The van der Waals surface area contributed by atoms with Crippen molar-refractivity contribution in [3.05, 3.63) is 35.4 Å². The van der Waals surface area contributed by atoms with Gasteiger partial charge in [0, 0.05) is 50.4 Å². The second kappa shape index (κ2) is 14.6. The van der Waals surface area contributed by atoms with Crippen molar-refractivity contribution in [2.24, 2.45) is 4.99 Å². The van der Waals surface area contributed by atoms with E-state index >= 15 is 0 Å². The van der Waals surface area contributed by atoms with Gasteiger partial charge in [0.05, 0.1) is 0 Å². The average Bonchev–Trinajstić information content (AvgIpc) is 2.66.